The average molecular weight is 378 g/mol. The van der Waals surface area contributed by atoms with Crippen molar-refractivity contribution < 1.29 is 14.3 Å². The molecule has 0 bridgehead atoms. The molecule has 136 valence electrons. The molecule has 5 nitrogen and oxygen atoms in total. The van der Waals surface area contributed by atoms with Crippen LogP contribution in [0.15, 0.2) is 66.7 Å². The van der Waals surface area contributed by atoms with Gasteiger partial charge in [0.15, 0.2) is 0 Å². The number of carbonyl (C=O) groups excluding carboxylic acids is 2. The Morgan fingerprint density at radius 1 is 0.852 bits per heavy atom. The molecule has 2 amide bonds. The largest absolute Gasteiger partial charge is 0.457 e. The lowest BCUT2D eigenvalue weighted by atomic mass is 10.3. The first kappa shape index (κ1) is 17.3. The zero-order valence-corrected chi connectivity index (χ0v) is 15.3. The van der Waals surface area contributed by atoms with Crippen LogP contribution >= 0.6 is 11.3 Å². The van der Waals surface area contributed by atoms with Gasteiger partial charge in [0, 0.05) is 11.6 Å². The molecule has 0 aliphatic heterocycles. The second-order valence-corrected chi connectivity index (χ2v) is 7.40. The van der Waals surface area contributed by atoms with E-state index in [4.69, 9.17) is 4.74 Å². The molecule has 1 saturated carbocycles. The van der Waals surface area contributed by atoms with Gasteiger partial charge in [0.1, 0.15) is 11.5 Å². The maximum atomic E-state index is 12.4. The number of anilines is 2. The van der Waals surface area contributed by atoms with Gasteiger partial charge in [0.05, 0.1) is 9.88 Å². The third kappa shape index (κ3) is 4.54. The fourth-order valence-electron chi connectivity index (χ4n) is 2.52. The van der Waals surface area contributed by atoms with Crippen molar-refractivity contribution in [1.29, 1.82) is 0 Å². The first-order chi connectivity index (χ1) is 13.2. The quantitative estimate of drug-likeness (QED) is 0.624. The van der Waals surface area contributed by atoms with Crippen LogP contribution in [0.25, 0.3) is 0 Å². The maximum absolute atomic E-state index is 12.4. The van der Waals surface area contributed by atoms with E-state index in [0.29, 0.717) is 21.3 Å². The second-order valence-electron chi connectivity index (χ2n) is 6.32. The monoisotopic (exact) mass is 378 g/mol. The molecule has 0 radical (unpaired) electrons. The zero-order chi connectivity index (χ0) is 18.6. The Bertz CT molecular complexity index is 947. The third-order valence-electron chi connectivity index (χ3n) is 4.12. The van der Waals surface area contributed by atoms with E-state index in [9.17, 15) is 9.59 Å². The smallest absolute Gasteiger partial charge is 0.265 e. The number of hydrogen-bond donors (Lipinski definition) is 2. The van der Waals surface area contributed by atoms with Gasteiger partial charge >= 0.3 is 0 Å². The summed E-state index contributed by atoms with van der Waals surface area (Å²) in [6.07, 6.45) is 1.91. The normalized spacial score (nSPS) is 13.0. The Kier molecular flexibility index (Phi) is 4.89. The zero-order valence-electron chi connectivity index (χ0n) is 14.5. The molecule has 2 aromatic carbocycles. The SMILES string of the molecule is O=C(Nc1ccc(Oc2ccccc2)cc1)c1ccc(NC(=O)C2CC2)s1. The number of para-hydroxylation sites is 1. The van der Waals surface area contributed by atoms with Gasteiger partial charge in [-0.05, 0) is 61.4 Å². The molecule has 1 aromatic heterocycles. The predicted octanol–water partition coefficient (Wildman–Crippen LogP) is 5.14. The van der Waals surface area contributed by atoms with Crippen LogP contribution in [0.3, 0.4) is 0 Å². The van der Waals surface area contributed by atoms with Crippen LogP contribution in [0.1, 0.15) is 22.5 Å². The lowest BCUT2D eigenvalue weighted by Crippen LogP contribution is -2.12. The molecule has 0 saturated heterocycles. The van der Waals surface area contributed by atoms with Gasteiger partial charge in [0.2, 0.25) is 5.91 Å². The Morgan fingerprint density at radius 2 is 1.56 bits per heavy atom. The molecule has 3 aromatic rings. The van der Waals surface area contributed by atoms with E-state index in [-0.39, 0.29) is 17.7 Å². The van der Waals surface area contributed by atoms with E-state index < -0.39 is 0 Å². The van der Waals surface area contributed by atoms with E-state index in [0.717, 1.165) is 18.6 Å². The molecule has 27 heavy (non-hydrogen) atoms. The predicted molar refractivity (Wildman–Crippen MR) is 107 cm³/mol. The number of rotatable bonds is 6. The van der Waals surface area contributed by atoms with Gasteiger partial charge in [-0.1, -0.05) is 18.2 Å². The molecule has 2 N–H and O–H groups in total. The summed E-state index contributed by atoms with van der Waals surface area (Å²) >= 11 is 1.27. The molecular weight excluding hydrogens is 360 g/mol. The maximum Gasteiger partial charge on any atom is 0.265 e. The van der Waals surface area contributed by atoms with Crippen LogP contribution in [0, 0.1) is 5.92 Å². The Morgan fingerprint density at radius 3 is 2.26 bits per heavy atom. The fourth-order valence-corrected chi connectivity index (χ4v) is 3.32. The molecule has 1 aliphatic rings. The van der Waals surface area contributed by atoms with E-state index >= 15 is 0 Å². The van der Waals surface area contributed by atoms with Crippen molar-refractivity contribution in [3.8, 4) is 11.5 Å². The molecule has 0 atom stereocenters. The molecule has 6 heteroatoms. The summed E-state index contributed by atoms with van der Waals surface area (Å²) in [6, 6.07) is 20.2. The molecule has 1 heterocycles. The number of amides is 2. The molecular formula is C21H18N2O3S. The second kappa shape index (κ2) is 7.63. The summed E-state index contributed by atoms with van der Waals surface area (Å²) in [6.45, 7) is 0. The summed E-state index contributed by atoms with van der Waals surface area (Å²) in [5, 5.41) is 6.41. The standard InChI is InChI=1S/C21H18N2O3S/c24-20(14-6-7-14)23-19-13-12-18(27-19)21(25)22-15-8-10-17(11-9-15)26-16-4-2-1-3-5-16/h1-5,8-14H,6-7H2,(H,22,25)(H,23,24). The summed E-state index contributed by atoms with van der Waals surface area (Å²) in [5.41, 5.74) is 0.678. The first-order valence-corrected chi connectivity index (χ1v) is 9.54. The van der Waals surface area contributed by atoms with Crippen molar-refractivity contribution >= 4 is 33.8 Å². The van der Waals surface area contributed by atoms with Crippen molar-refractivity contribution in [3.05, 3.63) is 71.6 Å². The average Bonchev–Trinajstić information content (AvgIpc) is 3.44. The van der Waals surface area contributed by atoms with Gasteiger partial charge in [0.25, 0.3) is 5.91 Å². The van der Waals surface area contributed by atoms with Crippen molar-refractivity contribution in [1.82, 2.24) is 0 Å². The summed E-state index contributed by atoms with van der Waals surface area (Å²) in [4.78, 5) is 24.7. The Balaban J connectivity index is 1.35. The molecule has 0 unspecified atom stereocenters. The number of hydrogen-bond acceptors (Lipinski definition) is 4. The minimum absolute atomic E-state index is 0.0396. The van der Waals surface area contributed by atoms with E-state index in [1.54, 1.807) is 36.4 Å². The third-order valence-corrected chi connectivity index (χ3v) is 5.11. The van der Waals surface area contributed by atoms with Gasteiger partial charge in [-0.15, -0.1) is 11.3 Å². The highest BCUT2D eigenvalue weighted by Crippen LogP contribution is 2.32. The van der Waals surface area contributed by atoms with Crippen molar-refractivity contribution in [2.45, 2.75) is 12.8 Å². The number of thiophene rings is 1. The lowest BCUT2D eigenvalue weighted by Gasteiger charge is -2.07. The van der Waals surface area contributed by atoms with Crippen LogP contribution in [-0.2, 0) is 4.79 Å². The number of benzene rings is 2. The van der Waals surface area contributed by atoms with Crippen LogP contribution in [0.4, 0.5) is 10.7 Å². The van der Waals surface area contributed by atoms with Crippen LogP contribution in [0.2, 0.25) is 0 Å². The first-order valence-electron chi connectivity index (χ1n) is 8.72. The minimum Gasteiger partial charge on any atom is -0.457 e. The number of ether oxygens (including phenoxy) is 1. The van der Waals surface area contributed by atoms with Gasteiger partial charge in [-0.2, -0.15) is 0 Å². The molecule has 4 rings (SSSR count). The highest BCUT2D eigenvalue weighted by molar-refractivity contribution is 7.18. The van der Waals surface area contributed by atoms with Gasteiger partial charge < -0.3 is 15.4 Å². The van der Waals surface area contributed by atoms with Crippen LogP contribution in [-0.4, -0.2) is 11.8 Å². The van der Waals surface area contributed by atoms with Crippen LogP contribution < -0.4 is 15.4 Å². The highest BCUT2D eigenvalue weighted by Gasteiger charge is 2.29. The van der Waals surface area contributed by atoms with Crippen molar-refractivity contribution in [3.63, 3.8) is 0 Å². The minimum atomic E-state index is -0.205. The number of nitrogens with one attached hydrogen (secondary N) is 2. The van der Waals surface area contributed by atoms with E-state index in [2.05, 4.69) is 10.6 Å². The summed E-state index contributed by atoms with van der Waals surface area (Å²) in [5.74, 6) is 1.43. The highest BCUT2D eigenvalue weighted by atomic mass is 32.1. The van der Waals surface area contributed by atoms with Gasteiger partial charge in [-0.3, -0.25) is 9.59 Å². The lowest BCUT2D eigenvalue weighted by molar-refractivity contribution is -0.117. The van der Waals surface area contributed by atoms with Crippen LogP contribution in [0.5, 0.6) is 11.5 Å². The van der Waals surface area contributed by atoms with Crippen molar-refractivity contribution in [2.75, 3.05) is 10.6 Å². The Hall–Kier alpha value is -3.12. The van der Waals surface area contributed by atoms with E-state index in [1.807, 2.05) is 30.3 Å². The van der Waals surface area contributed by atoms with E-state index in [1.165, 1.54) is 11.3 Å². The summed E-state index contributed by atoms with van der Waals surface area (Å²) in [7, 11) is 0. The summed E-state index contributed by atoms with van der Waals surface area (Å²) < 4.78 is 5.74. The van der Waals surface area contributed by atoms with Crippen molar-refractivity contribution in [2.24, 2.45) is 5.92 Å². The molecule has 1 aliphatic carbocycles. The fraction of sp³-hybridized carbons (Fsp3) is 0.143. The Labute approximate surface area is 161 Å². The number of carbonyl (C=O) groups is 2. The molecule has 1 fully saturated rings. The topological polar surface area (TPSA) is 67.4 Å². The van der Waals surface area contributed by atoms with Gasteiger partial charge in [-0.25, -0.2) is 0 Å². The molecule has 0 spiro atoms.